The van der Waals surface area contributed by atoms with Crippen molar-refractivity contribution in [1.82, 2.24) is 10.2 Å². The molecule has 0 saturated heterocycles. The molecule has 19 heavy (non-hydrogen) atoms. The molecule has 0 bridgehead atoms. The fourth-order valence-corrected chi connectivity index (χ4v) is 2.14. The van der Waals surface area contributed by atoms with Crippen LogP contribution in [-0.2, 0) is 4.79 Å². The fourth-order valence-electron chi connectivity index (χ4n) is 1.78. The van der Waals surface area contributed by atoms with E-state index in [9.17, 15) is 9.59 Å². The van der Waals surface area contributed by atoms with E-state index in [0.717, 1.165) is 10.0 Å². The van der Waals surface area contributed by atoms with Crippen LogP contribution in [0.2, 0.25) is 0 Å². The van der Waals surface area contributed by atoms with Gasteiger partial charge in [0.25, 0.3) is 5.91 Å². The molecule has 0 unspecified atom stereocenters. The lowest BCUT2D eigenvalue weighted by molar-refractivity contribution is -0.129. The standard InChI is InChI=1S/C14H19BrN2O2/c1-4-17(5-2)13(18)9-16-14(19)12-8-11(15)7-6-10(12)3/h6-8H,4-5,9H2,1-3H3,(H,16,19). The van der Waals surface area contributed by atoms with Crippen LogP contribution in [0.15, 0.2) is 22.7 Å². The summed E-state index contributed by atoms with van der Waals surface area (Å²) < 4.78 is 0.846. The van der Waals surface area contributed by atoms with E-state index >= 15 is 0 Å². The van der Waals surface area contributed by atoms with Crippen molar-refractivity contribution < 1.29 is 9.59 Å². The molecule has 2 amide bonds. The van der Waals surface area contributed by atoms with Gasteiger partial charge >= 0.3 is 0 Å². The smallest absolute Gasteiger partial charge is 0.252 e. The SMILES string of the molecule is CCN(CC)C(=O)CNC(=O)c1cc(Br)ccc1C. The van der Waals surface area contributed by atoms with Crippen LogP contribution in [0.5, 0.6) is 0 Å². The third-order valence-electron chi connectivity index (χ3n) is 2.96. The van der Waals surface area contributed by atoms with Crippen molar-refractivity contribution in [2.45, 2.75) is 20.8 Å². The minimum Gasteiger partial charge on any atom is -0.343 e. The summed E-state index contributed by atoms with van der Waals surface area (Å²) in [6, 6.07) is 5.50. The first-order valence-electron chi connectivity index (χ1n) is 6.31. The number of hydrogen-bond acceptors (Lipinski definition) is 2. The number of nitrogens with one attached hydrogen (secondary N) is 1. The number of aryl methyl sites for hydroxylation is 1. The number of carbonyl (C=O) groups is 2. The van der Waals surface area contributed by atoms with E-state index in [2.05, 4.69) is 21.2 Å². The predicted molar refractivity (Wildman–Crippen MR) is 79.1 cm³/mol. The van der Waals surface area contributed by atoms with E-state index in [-0.39, 0.29) is 18.4 Å². The Labute approximate surface area is 122 Å². The van der Waals surface area contributed by atoms with Gasteiger partial charge in [0, 0.05) is 23.1 Å². The molecule has 0 aliphatic rings. The average molecular weight is 327 g/mol. The third-order valence-corrected chi connectivity index (χ3v) is 3.45. The van der Waals surface area contributed by atoms with Gasteiger partial charge in [-0.2, -0.15) is 0 Å². The summed E-state index contributed by atoms with van der Waals surface area (Å²) >= 11 is 3.34. The van der Waals surface area contributed by atoms with Crippen LogP contribution in [0.25, 0.3) is 0 Å². The minimum atomic E-state index is -0.223. The van der Waals surface area contributed by atoms with E-state index in [1.165, 1.54) is 0 Å². The fraction of sp³-hybridized carbons (Fsp3) is 0.429. The predicted octanol–water partition coefficient (Wildman–Crippen LogP) is 2.36. The van der Waals surface area contributed by atoms with Crippen molar-refractivity contribution in [1.29, 1.82) is 0 Å². The first kappa shape index (κ1) is 15.7. The monoisotopic (exact) mass is 326 g/mol. The maximum absolute atomic E-state index is 12.0. The van der Waals surface area contributed by atoms with E-state index in [1.54, 1.807) is 11.0 Å². The average Bonchev–Trinajstić information content (AvgIpc) is 2.40. The molecule has 4 nitrogen and oxygen atoms in total. The van der Waals surface area contributed by atoms with Gasteiger partial charge in [-0.05, 0) is 38.5 Å². The molecule has 0 aliphatic carbocycles. The lowest BCUT2D eigenvalue weighted by Crippen LogP contribution is -2.40. The summed E-state index contributed by atoms with van der Waals surface area (Å²) in [5.41, 5.74) is 1.47. The van der Waals surface area contributed by atoms with Gasteiger partial charge in [0.05, 0.1) is 6.54 Å². The Morgan fingerprint density at radius 2 is 1.89 bits per heavy atom. The maximum atomic E-state index is 12.0. The number of benzene rings is 1. The Morgan fingerprint density at radius 1 is 1.26 bits per heavy atom. The van der Waals surface area contributed by atoms with Crippen molar-refractivity contribution in [2.24, 2.45) is 0 Å². The Morgan fingerprint density at radius 3 is 2.47 bits per heavy atom. The van der Waals surface area contributed by atoms with Gasteiger partial charge in [-0.3, -0.25) is 9.59 Å². The summed E-state index contributed by atoms with van der Waals surface area (Å²) in [6.45, 7) is 7.05. The van der Waals surface area contributed by atoms with Gasteiger partial charge in [0.1, 0.15) is 0 Å². The summed E-state index contributed by atoms with van der Waals surface area (Å²) in [5, 5.41) is 2.66. The molecule has 1 N–H and O–H groups in total. The lowest BCUT2D eigenvalue weighted by atomic mass is 10.1. The molecule has 0 saturated carbocycles. The molecule has 1 rings (SSSR count). The number of halogens is 1. The van der Waals surface area contributed by atoms with Crippen LogP contribution in [0.1, 0.15) is 29.8 Å². The van der Waals surface area contributed by atoms with Gasteiger partial charge in [0.2, 0.25) is 5.91 Å². The second-order valence-corrected chi connectivity index (χ2v) is 5.12. The second-order valence-electron chi connectivity index (χ2n) is 4.21. The van der Waals surface area contributed by atoms with Crippen LogP contribution in [0, 0.1) is 6.92 Å². The number of nitrogens with zero attached hydrogens (tertiary/aromatic N) is 1. The molecular formula is C14H19BrN2O2. The molecule has 1 aromatic rings. The van der Waals surface area contributed by atoms with Crippen LogP contribution >= 0.6 is 15.9 Å². The van der Waals surface area contributed by atoms with Gasteiger partial charge in [0.15, 0.2) is 0 Å². The molecule has 5 heteroatoms. The molecule has 0 spiro atoms. The number of rotatable bonds is 5. The minimum absolute atomic E-state index is 0.0342. The Kier molecular flexibility index (Phi) is 6.02. The zero-order valence-electron chi connectivity index (χ0n) is 11.5. The number of hydrogen-bond donors (Lipinski definition) is 1. The third kappa shape index (κ3) is 4.35. The first-order valence-corrected chi connectivity index (χ1v) is 7.11. The topological polar surface area (TPSA) is 49.4 Å². The quantitative estimate of drug-likeness (QED) is 0.903. The van der Waals surface area contributed by atoms with Gasteiger partial charge in [-0.1, -0.05) is 22.0 Å². The zero-order valence-corrected chi connectivity index (χ0v) is 13.1. The highest BCUT2D eigenvalue weighted by Gasteiger charge is 2.13. The van der Waals surface area contributed by atoms with Crippen molar-refractivity contribution >= 4 is 27.7 Å². The van der Waals surface area contributed by atoms with Crippen LogP contribution in [0.3, 0.4) is 0 Å². The molecule has 0 atom stereocenters. The van der Waals surface area contributed by atoms with Crippen LogP contribution < -0.4 is 5.32 Å². The maximum Gasteiger partial charge on any atom is 0.252 e. The van der Waals surface area contributed by atoms with Gasteiger partial charge in [-0.25, -0.2) is 0 Å². The number of amides is 2. The second kappa shape index (κ2) is 7.28. The van der Waals surface area contributed by atoms with E-state index in [4.69, 9.17) is 0 Å². The molecule has 0 fully saturated rings. The summed E-state index contributed by atoms with van der Waals surface area (Å²) in [5.74, 6) is -0.287. The summed E-state index contributed by atoms with van der Waals surface area (Å²) in [4.78, 5) is 25.5. The highest BCUT2D eigenvalue weighted by atomic mass is 79.9. The first-order chi connectivity index (χ1) is 8.99. The summed E-state index contributed by atoms with van der Waals surface area (Å²) in [7, 11) is 0. The van der Waals surface area contributed by atoms with Crippen molar-refractivity contribution in [3.05, 3.63) is 33.8 Å². The molecule has 0 aliphatic heterocycles. The van der Waals surface area contributed by atoms with Crippen LogP contribution in [-0.4, -0.2) is 36.3 Å². The van der Waals surface area contributed by atoms with E-state index in [1.807, 2.05) is 32.9 Å². The molecule has 0 radical (unpaired) electrons. The Bertz CT molecular complexity index is 471. The zero-order chi connectivity index (χ0) is 14.4. The Balaban J connectivity index is 2.65. The van der Waals surface area contributed by atoms with Gasteiger partial charge < -0.3 is 10.2 Å². The highest BCUT2D eigenvalue weighted by molar-refractivity contribution is 9.10. The van der Waals surface area contributed by atoms with E-state index < -0.39 is 0 Å². The molecule has 0 heterocycles. The molecule has 1 aromatic carbocycles. The highest BCUT2D eigenvalue weighted by Crippen LogP contribution is 2.15. The number of likely N-dealkylation sites (N-methyl/N-ethyl adjacent to an activating group) is 1. The normalized spacial score (nSPS) is 10.1. The van der Waals surface area contributed by atoms with Crippen molar-refractivity contribution in [3.63, 3.8) is 0 Å². The largest absolute Gasteiger partial charge is 0.343 e. The van der Waals surface area contributed by atoms with Crippen molar-refractivity contribution in [2.75, 3.05) is 19.6 Å². The molecular weight excluding hydrogens is 308 g/mol. The molecule has 0 aromatic heterocycles. The van der Waals surface area contributed by atoms with Crippen LogP contribution in [0.4, 0.5) is 0 Å². The van der Waals surface area contributed by atoms with Gasteiger partial charge in [-0.15, -0.1) is 0 Å². The molecule has 104 valence electrons. The number of carbonyl (C=O) groups excluding carboxylic acids is 2. The van der Waals surface area contributed by atoms with E-state index in [0.29, 0.717) is 18.7 Å². The Hall–Kier alpha value is -1.36. The summed E-state index contributed by atoms with van der Waals surface area (Å²) in [6.07, 6.45) is 0. The lowest BCUT2D eigenvalue weighted by Gasteiger charge is -2.18. The van der Waals surface area contributed by atoms with Crippen molar-refractivity contribution in [3.8, 4) is 0 Å².